The number of nitrogens with one attached hydrogen (secondary N) is 1. The lowest BCUT2D eigenvalue weighted by Crippen LogP contribution is -2.29. The van der Waals surface area contributed by atoms with Crippen LogP contribution >= 0.6 is 0 Å². The van der Waals surface area contributed by atoms with Crippen molar-refractivity contribution in [2.24, 2.45) is 0 Å². The molecule has 0 saturated carbocycles. The van der Waals surface area contributed by atoms with E-state index in [2.05, 4.69) is 5.32 Å². The molecule has 1 heterocycles. The Bertz CT molecular complexity index is 1020. The van der Waals surface area contributed by atoms with E-state index in [1.165, 1.54) is 10.5 Å². The third kappa shape index (κ3) is 3.94. The van der Waals surface area contributed by atoms with Crippen LogP contribution in [0, 0.1) is 0 Å². The van der Waals surface area contributed by atoms with E-state index < -0.39 is 0 Å². The molecule has 0 radical (unpaired) electrons. The van der Waals surface area contributed by atoms with Gasteiger partial charge in [-0.2, -0.15) is 0 Å². The van der Waals surface area contributed by atoms with Gasteiger partial charge in [0.05, 0.1) is 17.7 Å². The number of carbonyl (C=O) groups excluding carboxylic acids is 3. The summed E-state index contributed by atoms with van der Waals surface area (Å²) < 4.78 is 0. The predicted octanol–water partition coefficient (Wildman–Crippen LogP) is 3.46. The van der Waals surface area contributed by atoms with Gasteiger partial charge in [-0.1, -0.05) is 54.6 Å². The molecule has 4 rings (SSSR count). The second kappa shape index (κ2) is 8.10. The van der Waals surface area contributed by atoms with Crippen LogP contribution in [0.2, 0.25) is 0 Å². The lowest BCUT2D eigenvalue weighted by Gasteiger charge is -2.14. The van der Waals surface area contributed by atoms with Crippen LogP contribution in [-0.4, -0.2) is 29.2 Å². The molecule has 144 valence electrons. The van der Waals surface area contributed by atoms with Crippen molar-refractivity contribution in [2.75, 3.05) is 6.54 Å². The SMILES string of the molecule is O=C(NCCc1ccccc1)c1ccc(CN2C(=O)c3ccccc3C2=O)cc1. The van der Waals surface area contributed by atoms with E-state index in [0.29, 0.717) is 23.2 Å². The predicted molar refractivity (Wildman–Crippen MR) is 110 cm³/mol. The standard InChI is InChI=1S/C24H20N2O3/c27-22(25-15-14-17-6-2-1-3-7-17)19-12-10-18(11-13-19)16-26-23(28)20-8-4-5-9-21(20)24(26)29/h1-13H,14-16H2,(H,25,27). The molecule has 1 N–H and O–H groups in total. The number of hydrogen-bond donors (Lipinski definition) is 1. The van der Waals surface area contributed by atoms with E-state index in [1.54, 1.807) is 48.5 Å². The van der Waals surface area contributed by atoms with Crippen molar-refractivity contribution in [3.8, 4) is 0 Å². The van der Waals surface area contributed by atoms with E-state index in [-0.39, 0.29) is 24.3 Å². The van der Waals surface area contributed by atoms with Crippen molar-refractivity contribution in [2.45, 2.75) is 13.0 Å². The van der Waals surface area contributed by atoms with Crippen LogP contribution in [0.5, 0.6) is 0 Å². The summed E-state index contributed by atoms with van der Waals surface area (Å²) in [4.78, 5) is 38.5. The van der Waals surface area contributed by atoms with Gasteiger partial charge in [0.15, 0.2) is 0 Å². The maximum absolute atomic E-state index is 12.5. The minimum Gasteiger partial charge on any atom is -0.352 e. The molecule has 1 aliphatic heterocycles. The maximum Gasteiger partial charge on any atom is 0.261 e. The molecule has 0 atom stereocenters. The van der Waals surface area contributed by atoms with Gasteiger partial charge < -0.3 is 5.32 Å². The van der Waals surface area contributed by atoms with E-state index in [4.69, 9.17) is 0 Å². The first kappa shape index (κ1) is 18.6. The Kier molecular flexibility index (Phi) is 5.20. The number of hydrogen-bond acceptors (Lipinski definition) is 3. The smallest absolute Gasteiger partial charge is 0.261 e. The number of fused-ring (bicyclic) bond motifs is 1. The first-order valence-electron chi connectivity index (χ1n) is 9.50. The lowest BCUT2D eigenvalue weighted by atomic mass is 10.1. The summed E-state index contributed by atoms with van der Waals surface area (Å²) >= 11 is 0. The average Bonchev–Trinajstić information content (AvgIpc) is 3.00. The molecule has 0 saturated heterocycles. The van der Waals surface area contributed by atoms with Crippen LogP contribution in [0.15, 0.2) is 78.9 Å². The number of imide groups is 1. The zero-order chi connectivity index (χ0) is 20.2. The van der Waals surface area contributed by atoms with E-state index in [1.807, 2.05) is 30.3 Å². The molecule has 29 heavy (non-hydrogen) atoms. The van der Waals surface area contributed by atoms with Crippen LogP contribution in [0.4, 0.5) is 0 Å². The van der Waals surface area contributed by atoms with Crippen molar-refractivity contribution in [3.05, 3.63) is 107 Å². The fraction of sp³-hybridized carbons (Fsp3) is 0.125. The Balaban J connectivity index is 1.35. The van der Waals surface area contributed by atoms with Gasteiger partial charge in [0.1, 0.15) is 0 Å². The Hall–Kier alpha value is -3.73. The Morgan fingerprint density at radius 2 is 1.31 bits per heavy atom. The van der Waals surface area contributed by atoms with Gasteiger partial charge in [-0.3, -0.25) is 19.3 Å². The van der Waals surface area contributed by atoms with E-state index in [9.17, 15) is 14.4 Å². The monoisotopic (exact) mass is 384 g/mol. The van der Waals surface area contributed by atoms with Crippen molar-refractivity contribution < 1.29 is 14.4 Å². The molecule has 3 aromatic carbocycles. The summed E-state index contributed by atoms with van der Waals surface area (Å²) in [6.07, 6.45) is 0.768. The highest BCUT2D eigenvalue weighted by molar-refractivity contribution is 6.21. The van der Waals surface area contributed by atoms with Gasteiger partial charge in [0.25, 0.3) is 17.7 Å². The number of nitrogens with zero attached hydrogens (tertiary/aromatic N) is 1. The zero-order valence-corrected chi connectivity index (χ0v) is 15.8. The molecule has 3 aromatic rings. The number of carbonyl (C=O) groups is 3. The molecule has 0 fully saturated rings. The molecule has 5 heteroatoms. The van der Waals surface area contributed by atoms with Crippen LogP contribution in [0.25, 0.3) is 0 Å². The highest BCUT2D eigenvalue weighted by atomic mass is 16.2. The molecular weight excluding hydrogens is 364 g/mol. The molecular formula is C24H20N2O3. The highest BCUT2D eigenvalue weighted by Crippen LogP contribution is 2.24. The first-order chi connectivity index (χ1) is 14.1. The second-order valence-electron chi connectivity index (χ2n) is 6.93. The van der Waals surface area contributed by atoms with Crippen molar-refractivity contribution >= 4 is 17.7 Å². The maximum atomic E-state index is 12.5. The van der Waals surface area contributed by atoms with Gasteiger partial charge in [-0.25, -0.2) is 0 Å². The van der Waals surface area contributed by atoms with Crippen molar-refractivity contribution in [1.82, 2.24) is 10.2 Å². The molecule has 1 aliphatic rings. The fourth-order valence-corrected chi connectivity index (χ4v) is 3.39. The quantitative estimate of drug-likeness (QED) is 0.662. The molecule has 0 spiro atoms. The molecule has 0 unspecified atom stereocenters. The Morgan fingerprint density at radius 1 is 0.724 bits per heavy atom. The van der Waals surface area contributed by atoms with Gasteiger partial charge in [0.2, 0.25) is 0 Å². The molecule has 0 aromatic heterocycles. The summed E-state index contributed by atoms with van der Waals surface area (Å²) in [6, 6.07) is 23.8. The lowest BCUT2D eigenvalue weighted by molar-refractivity contribution is 0.0641. The topological polar surface area (TPSA) is 66.5 Å². The normalized spacial score (nSPS) is 12.8. The summed E-state index contributed by atoms with van der Waals surface area (Å²) in [5.41, 5.74) is 3.38. The molecule has 0 bridgehead atoms. The fourth-order valence-electron chi connectivity index (χ4n) is 3.39. The van der Waals surface area contributed by atoms with E-state index >= 15 is 0 Å². The summed E-state index contributed by atoms with van der Waals surface area (Å²) in [5, 5.41) is 2.91. The third-order valence-corrected chi connectivity index (χ3v) is 4.98. The average molecular weight is 384 g/mol. The molecule has 0 aliphatic carbocycles. The minimum atomic E-state index is -0.284. The summed E-state index contributed by atoms with van der Waals surface area (Å²) in [7, 11) is 0. The van der Waals surface area contributed by atoms with Gasteiger partial charge in [0, 0.05) is 12.1 Å². The van der Waals surface area contributed by atoms with Crippen molar-refractivity contribution in [1.29, 1.82) is 0 Å². The second-order valence-corrected chi connectivity index (χ2v) is 6.93. The Morgan fingerprint density at radius 3 is 1.93 bits per heavy atom. The van der Waals surface area contributed by atoms with Crippen molar-refractivity contribution in [3.63, 3.8) is 0 Å². The minimum absolute atomic E-state index is 0.145. The third-order valence-electron chi connectivity index (χ3n) is 4.98. The number of benzene rings is 3. The number of rotatable bonds is 6. The van der Waals surface area contributed by atoms with Crippen LogP contribution in [-0.2, 0) is 13.0 Å². The molecule has 5 nitrogen and oxygen atoms in total. The van der Waals surface area contributed by atoms with E-state index in [0.717, 1.165) is 12.0 Å². The Labute approximate surface area is 169 Å². The van der Waals surface area contributed by atoms with Gasteiger partial charge in [-0.05, 0) is 41.8 Å². The van der Waals surface area contributed by atoms with Gasteiger partial charge >= 0.3 is 0 Å². The van der Waals surface area contributed by atoms with Gasteiger partial charge in [-0.15, -0.1) is 0 Å². The van der Waals surface area contributed by atoms with Crippen LogP contribution in [0.1, 0.15) is 42.2 Å². The molecule has 3 amide bonds. The first-order valence-corrected chi connectivity index (χ1v) is 9.50. The van der Waals surface area contributed by atoms with Crippen LogP contribution in [0.3, 0.4) is 0 Å². The number of amides is 3. The summed E-state index contributed by atoms with van der Waals surface area (Å²) in [6.45, 7) is 0.738. The van der Waals surface area contributed by atoms with Crippen LogP contribution < -0.4 is 5.32 Å². The summed E-state index contributed by atoms with van der Waals surface area (Å²) in [5.74, 6) is -0.713. The largest absolute Gasteiger partial charge is 0.352 e. The zero-order valence-electron chi connectivity index (χ0n) is 15.8. The highest BCUT2D eigenvalue weighted by Gasteiger charge is 2.34.